The number of benzene rings is 1. The summed E-state index contributed by atoms with van der Waals surface area (Å²) < 4.78 is 0. The van der Waals surface area contributed by atoms with Gasteiger partial charge in [-0.25, -0.2) is 0 Å². The Labute approximate surface area is 155 Å². The topological polar surface area (TPSA) is 44.4 Å². The maximum atomic E-state index is 11.7. The van der Waals surface area contributed by atoms with E-state index in [1.54, 1.807) is 0 Å². The monoisotopic (exact) mass is 349 g/mol. The van der Waals surface area contributed by atoms with Crippen molar-refractivity contribution in [1.82, 2.24) is 10.6 Å². The number of hydrogen-bond donors (Lipinski definition) is 2. The van der Waals surface area contributed by atoms with Gasteiger partial charge in [0.1, 0.15) is 0 Å². The molecule has 3 aliphatic heterocycles. The van der Waals surface area contributed by atoms with E-state index >= 15 is 0 Å². The zero-order chi connectivity index (χ0) is 18.3. The van der Waals surface area contributed by atoms with Crippen LogP contribution in [0.2, 0.25) is 0 Å². The van der Waals surface area contributed by atoms with E-state index < -0.39 is 0 Å². The minimum atomic E-state index is 0.0575. The molecule has 1 aromatic carbocycles. The minimum Gasteiger partial charge on any atom is -0.332 e. The molecule has 1 unspecified atom stereocenters. The zero-order valence-electron chi connectivity index (χ0n) is 15.5. The maximum Gasteiger partial charge on any atom is 0.224 e. The van der Waals surface area contributed by atoms with Gasteiger partial charge in [-0.2, -0.15) is 0 Å². The number of carbonyl (C=O) groups excluding carboxylic acids is 1. The number of fused-ring (bicyclic) bond motifs is 1. The fraction of sp³-hybridized carbons (Fsp3) is 0.409. The third kappa shape index (κ3) is 2.99. The number of nitrogens with one attached hydrogen (secondary N) is 2. The summed E-state index contributed by atoms with van der Waals surface area (Å²) in [5.74, 6) is 0.693. The normalized spacial score (nSPS) is 24.2. The molecule has 3 aliphatic rings. The van der Waals surface area contributed by atoms with Gasteiger partial charge in [-0.05, 0) is 74.5 Å². The highest BCUT2D eigenvalue weighted by Gasteiger charge is 2.32. The van der Waals surface area contributed by atoms with Crippen molar-refractivity contribution in [2.75, 3.05) is 18.0 Å². The van der Waals surface area contributed by atoms with Crippen LogP contribution in [0.15, 0.2) is 48.8 Å². The van der Waals surface area contributed by atoms with Crippen molar-refractivity contribution in [1.29, 1.82) is 0 Å². The Balaban J connectivity index is 1.70. The molecule has 1 atom stereocenters. The fourth-order valence-corrected chi connectivity index (χ4v) is 4.46. The summed E-state index contributed by atoms with van der Waals surface area (Å²) in [5, 5.41) is 6.35. The Hall–Kier alpha value is -2.33. The van der Waals surface area contributed by atoms with Gasteiger partial charge in [0.05, 0.1) is 6.04 Å². The highest BCUT2D eigenvalue weighted by Crippen LogP contribution is 2.41. The molecular weight excluding hydrogens is 322 g/mol. The SMILES string of the molecule is C=C1NC(=O)CCC1N1C(=C)C=C(C)c2cc(C3CCNCC3)ccc21. The predicted octanol–water partition coefficient (Wildman–Crippen LogP) is 3.68. The van der Waals surface area contributed by atoms with E-state index in [4.69, 9.17) is 0 Å². The Bertz CT molecular complexity index is 802. The van der Waals surface area contributed by atoms with E-state index in [-0.39, 0.29) is 11.9 Å². The van der Waals surface area contributed by atoms with Crippen molar-refractivity contribution in [3.05, 3.63) is 60.0 Å². The second-order valence-electron chi connectivity index (χ2n) is 7.62. The number of carbonyl (C=O) groups is 1. The number of nitrogens with zero attached hydrogens (tertiary/aromatic N) is 1. The molecule has 1 amide bonds. The van der Waals surface area contributed by atoms with Crippen LogP contribution in [-0.4, -0.2) is 25.0 Å². The van der Waals surface area contributed by atoms with Gasteiger partial charge in [-0.15, -0.1) is 0 Å². The van der Waals surface area contributed by atoms with Crippen LogP contribution in [0.4, 0.5) is 5.69 Å². The van der Waals surface area contributed by atoms with Crippen LogP contribution in [0.25, 0.3) is 5.57 Å². The first-order valence-electron chi connectivity index (χ1n) is 9.54. The minimum absolute atomic E-state index is 0.0575. The highest BCUT2D eigenvalue weighted by molar-refractivity contribution is 5.85. The molecule has 0 bridgehead atoms. The van der Waals surface area contributed by atoms with E-state index in [2.05, 4.69) is 59.9 Å². The molecule has 136 valence electrons. The second kappa shape index (κ2) is 6.76. The van der Waals surface area contributed by atoms with Crippen molar-refractivity contribution in [3.8, 4) is 0 Å². The van der Waals surface area contributed by atoms with E-state index in [0.717, 1.165) is 30.9 Å². The average Bonchev–Trinajstić information content (AvgIpc) is 2.64. The number of allylic oxidation sites excluding steroid dienone is 2. The summed E-state index contributed by atoms with van der Waals surface area (Å²) in [4.78, 5) is 13.9. The van der Waals surface area contributed by atoms with E-state index in [0.29, 0.717) is 12.3 Å². The predicted molar refractivity (Wildman–Crippen MR) is 107 cm³/mol. The van der Waals surface area contributed by atoms with Gasteiger partial charge in [0.25, 0.3) is 0 Å². The zero-order valence-corrected chi connectivity index (χ0v) is 15.5. The molecule has 2 fully saturated rings. The molecule has 3 heterocycles. The van der Waals surface area contributed by atoms with Gasteiger partial charge < -0.3 is 15.5 Å². The van der Waals surface area contributed by atoms with Crippen molar-refractivity contribution >= 4 is 17.2 Å². The van der Waals surface area contributed by atoms with Gasteiger partial charge in [0, 0.05) is 29.1 Å². The lowest BCUT2D eigenvalue weighted by Gasteiger charge is -2.41. The number of anilines is 1. The largest absolute Gasteiger partial charge is 0.332 e. The van der Waals surface area contributed by atoms with Crippen molar-refractivity contribution in [3.63, 3.8) is 0 Å². The summed E-state index contributed by atoms with van der Waals surface area (Å²) >= 11 is 0. The van der Waals surface area contributed by atoms with Crippen molar-refractivity contribution < 1.29 is 4.79 Å². The Morgan fingerprint density at radius 3 is 2.65 bits per heavy atom. The molecule has 0 spiro atoms. The molecular formula is C22H27N3O. The van der Waals surface area contributed by atoms with Crippen LogP contribution in [-0.2, 0) is 4.79 Å². The molecule has 0 saturated carbocycles. The Morgan fingerprint density at radius 1 is 1.15 bits per heavy atom. The van der Waals surface area contributed by atoms with Crippen LogP contribution in [0.5, 0.6) is 0 Å². The molecule has 0 radical (unpaired) electrons. The van der Waals surface area contributed by atoms with Crippen LogP contribution in [0.3, 0.4) is 0 Å². The van der Waals surface area contributed by atoms with Gasteiger partial charge in [-0.3, -0.25) is 4.79 Å². The lowest BCUT2D eigenvalue weighted by Crippen LogP contribution is -2.46. The number of piperidine rings is 2. The molecule has 2 saturated heterocycles. The van der Waals surface area contributed by atoms with Gasteiger partial charge in [-0.1, -0.05) is 19.2 Å². The van der Waals surface area contributed by atoms with Crippen LogP contribution >= 0.6 is 0 Å². The molecule has 4 nitrogen and oxygen atoms in total. The van der Waals surface area contributed by atoms with Crippen molar-refractivity contribution in [2.45, 2.75) is 44.6 Å². The van der Waals surface area contributed by atoms with Crippen LogP contribution in [0.1, 0.15) is 49.7 Å². The number of rotatable bonds is 2. The lowest BCUT2D eigenvalue weighted by molar-refractivity contribution is -0.121. The summed E-state index contributed by atoms with van der Waals surface area (Å²) in [6, 6.07) is 6.93. The van der Waals surface area contributed by atoms with E-state index in [1.807, 2.05) is 0 Å². The smallest absolute Gasteiger partial charge is 0.224 e. The van der Waals surface area contributed by atoms with E-state index in [9.17, 15) is 4.79 Å². The third-order valence-electron chi connectivity index (χ3n) is 5.87. The maximum absolute atomic E-state index is 11.7. The fourth-order valence-electron chi connectivity index (χ4n) is 4.46. The summed E-state index contributed by atoms with van der Waals surface area (Å²) in [5.41, 5.74) is 6.87. The summed E-state index contributed by atoms with van der Waals surface area (Å²) in [6.45, 7) is 12.7. The molecule has 0 aromatic heterocycles. The molecule has 4 heteroatoms. The second-order valence-corrected chi connectivity index (χ2v) is 7.62. The van der Waals surface area contributed by atoms with Crippen LogP contribution in [0, 0.1) is 0 Å². The standard InChI is InChI=1S/C22H27N3O/c1-14-12-15(2)25(20-6-7-22(26)24-16(20)3)21-5-4-18(13-19(14)21)17-8-10-23-11-9-17/h4-5,12-13,17,20,23H,2-3,6-11H2,1H3,(H,24,26). The first kappa shape index (κ1) is 17.1. The molecule has 1 aromatic rings. The first-order valence-corrected chi connectivity index (χ1v) is 9.54. The first-order chi connectivity index (χ1) is 12.5. The van der Waals surface area contributed by atoms with Gasteiger partial charge in [0.2, 0.25) is 5.91 Å². The summed E-state index contributed by atoms with van der Waals surface area (Å²) in [6.07, 6.45) is 5.84. The molecule has 2 N–H and O–H groups in total. The average molecular weight is 349 g/mol. The lowest BCUT2D eigenvalue weighted by atomic mass is 9.86. The van der Waals surface area contributed by atoms with Gasteiger partial charge in [0.15, 0.2) is 0 Å². The van der Waals surface area contributed by atoms with Crippen molar-refractivity contribution in [2.24, 2.45) is 0 Å². The van der Waals surface area contributed by atoms with Crippen LogP contribution < -0.4 is 15.5 Å². The Kier molecular flexibility index (Phi) is 4.45. The van der Waals surface area contributed by atoms with E-state index in [1.165, 1.54) is 35.2 Å². The quantitative estimate of drug-likeness (QED) is 0.856. The summed E-state index contributed by atoms with van der Waals surface area (Å²) in [7, 11) is 0. The van der Waals surface area contributed by atoms with Gasteiger partial charge >= 0.3 is 0 Å². The Morgan fingerprint density at radius 2 is 1.92 bits per heavy atom. The number of hydrogen-bond acceptors (Lipinski definition) is 3. The number of amides is 1. The third-order valence-corrected chi connectivity index (χ3v) is 5.87. The molecule has 26 heavy (non-hydrogen) atoms. The molecule has 0 aliphatic carbocycles. The highest BCUT2D eigenvalue weighted by atomic mass is 16.1. The molecule has 4 rings (SSSR count).